The van der Waals surface area contributed by atoms with E-state index in [-0.39, 0.29) is 35.9 Å². The molecule has 2 aromatic rings. The van der Waals surface area contributed by atoms with E-state index in [1.165, 1.54) is 12.1 Å². The van der Waals surface area contributed by atoms with Crippen molar-refractivity contribution in [2.24, 2.45) is 4.99 Å². The predicted molar refractivity (Wildman–Crippen MR) is 141 cm³/mol. The third-order valence-electron chi connectivity index (χ3n) is 5.15. The van der Waals surface area contributed by atoms with E-state index < -0.39 is 0 Å². The molecule has 10 heteroatoms. The van der Waals surface area contributed by atoms with Gasteiger partial charge in [0.25, 0.3) is 0 Å². The van der Waals surface area contributed by atoms with Gasteiger partial charge in [-0.1, -0.05) is 0 Å². The zero-order chi connectivity index (χ0) is 22.6. The maximum atomic E-state index is 13.0. The SMILES string of the molecule is CCNC(=NCC(C)Oc1ccc(F)cc1)NCCCN1CCN(c2ncccn2)CC1.I. The van der Waals surface area contributed by atoms with Gasteiger partial charge in [0.05, 0.1) is 6.54 Å². The molecule has 33 heavy (non-hydrogen) atoms. The van der Waals surface area contributed by atoms with E-state index in [0.717, 1.165) is 64.1 Å². The average molecular weight is 571 g/mol. The van der Waals surface area contributed by atoms with Crippen molar-refractivity contribution in [1.29, 1.82) is 0 Å². The van der Waals surface area contributed by atoms with Crippen LogP contribution in [0.3, 0.4) is 0 Å². The molecule has 182 valence electrons. The van der Waals surface area contributed by atoms with Crippen molar-refractivity contribution in [1.82, 2.24) is 25.5 Å². The lowest BCUT2D eigenvalue weighted by Gasteiger charge is -2.34. The zero-order valence-electron chi connectivity index (χ0n) is 19.4. The molecule has 0 bridgehead atoms. The highest BCUT2D eigenvalue weighted by Gasteiger charge is 2.18. The smallest absolute Gasteiger partial charge is 0.225 e. The third-order valence-corrected chi connectivity index (χ3v) is 5.15. The Bertz CT molecular complexity index is 817. The van der Waals surface area contributed by atoms with Gasteiger partial charge in [0, 0.05) is 51.7 Å². The summed E-state index contributed by atoms with van der Waals surface area (Å²) in [6.45, 7) is 11.1. The molecule has 1 aromatic heterocycles. The summed E-state index contributed by atoms with van der Waals surface area (Å²) in [5.74, 6) is 1.98. The maximum absolute atomic E-state index is 13.0. The van der Waals surface area contributed by atoms with Gasteiger partial charge < -0.3 is 20.3 Å². The lowest BCUT2D eigenvalue weighted by Crippen LogP contribution is -2.47. The van der Waals surface area contributed by atoms with Crippen molar-refractivity contribution in [3.63, 3.8) is 0 Å². The summed E-state index contributed by atoms with van der Waals surface area (Å²) in [6, 6.07) is 7.90. The molecule has 1 saturated heterocycles. The fourth-order valence-corrected chi connectivity index (χ4v) is 3.48. The minimum Gasteiger partial charge on any atom is -0.489 e. The molecule has 2 N–H and O–H groups in total. The molecule has 0 amide bonds. The van der Waals surface area contributed by atoms with Crippen molar-refractivity contribution >= 4 is 35.9 Å². The van der Waals surface area contributed by atoms with Crippen LogP contribution in [0.15, 0.2) is 47.7 Å². The monoisotopic (exact) mass is 571 g/mol. The molecular weight excluding hydrogens is 536 g/mol. The molecule has 1 unspecified atom stereocenters. The van der Waals surface area contributed by atoms with Gasteiger partial charge >= 0.3 is 0 Å². The molecular formula is C23H35FIN7O. The molecule has 1 fully saturated rings. The van der Waals surface area contributed by atoms with Crippen LogP contribution in [0.2, 0.25) is 0 Å². The first kappa shape index (κ1) is 27.0. The highest BCUT2D eigenvalue weighted by molar-refractivity contribution is 14.0. The molecule has 8 nitrogen and oxygen atoms in total. The molecule has 1 aliphatic heterocycles. The van der Waals surface area contributed by atoms with E-state index in [0.29, 0.717) is 12.3 Å². The second kappa shape index (κ2) is 14.8. The van der Waals surface area contributed by atoms with E-state index in [4.69, 9.17) is 4.74 Å². The average Bonchev–Trinajstić information content (AvgIpc) is 2.82. The largest absolute Gasteiger partial charge is 0.489 e. The van der Waals surface area contributed by atoms with Gasteiger partial charge in [-0.05, 0) is 57.1 Å². The molecule has 0 aliphatic carbocycles. The summed E-state index contributed by atoms with van der Waals surface area (Å²) in [7, 11) is 0. The number of benzene rings is 1. The van der Waals surface area contributed by atoms with Crippen LogP contribution in [0.4, 0.5) is 10.3 Å². The van der Waals surface area contributed by atoms with Crippen LogP contribution in [0.1, 0.15) is 20.3 Å². The molecule has 1 atom stereocenters. The Morgan fingerprint density at radius 2 is 1.82 bits per heavy atom. The fraction of sp³-hybridized carbons (Fsp3) is 0.522. The first-order valence-electron chi connectivity index (χ1n) is 11.3. The van der Waals surface area contributed by atoms with Crippen LogP contribution in [-0.4, -0.2) is 79.3 Å². The molecule has 3 rings (SSSR count). The van der Waals surface area contributed by atoms with E-state index in [2.05, 4.69) is 35.4 Å². The van der Waals surface area contributed by atoms with Crippen molar-refractivity contribution in [3.8, 4) is 5.75 Å². The number of guanidine groups is 1. The summed E-state index contributed by atoms with van der Waals surface area (Å²) in [5.41, 5.74) is 0. The van der Waals surface area contributed by atoms with Gasteiger partial charge in [-0.15, -0.1) is 24.0 Å². The van der Waals surface area contributed by atoms with Crippen LogP contribution in [-0.2, 0) is 0 Å². The second-order valence-corrected chi connectivity index (χ2v) is 7.76. The first-order chi connectivity index (χ1) is 15.6. The molecule has 2 heterocycles. The quantitative estimate of drug-likeness (QED) is 0.197. The number of nitrogens with one attached hydrogen (secondary N) is 2. The van der Waals surface area contributed by atoms with E-state index >= 15 is 0 Å². The summed E-state index contributed by atoms with van der Waals surface area (Å²) in [5, 5.41) is 6.67. The minimum absolute atomic E-state index is 0. The summed E-state index contributed by atoms with van der Waals surface area (Å²) < 4.78 is 18.8. The van der Waals surface area contributed by atoms with Gasteiger partial charge in [0.1, 0.15) is 17.7 Å². The summed E-state index contributed by atoms with van der Waals surface area (Å²) in [4.78, 5) is 18.0. The number of hydrogen-bond donors (Lipinski definition) is 2. The normalized spacial score (nSPS) is 15.5. The molecule has 0 radical (unpaired) electrons. The third kappa shape index (κ3) is 9.66. The van der Waals surface area contributed by atoms with Gasteiger partial charge in [-0.25, -0.2) is 19.4 Å². The van der Waals surface area contributed by atoms with Crippen LogP contribution in [0, 0.1) is 5.82 Å². The highest BCUT2D eigenvalue weighted by Crippen LogP contribution is 2.13. The first-order valence-corrected chi connectivity index (χ1v) is 11.3. The predicted octanol–water partition coefficient (Wildman–Crippen LogP) is 2.77. The zero-order valence-corrected chi connectivity index (χ0v) is 21.7. The van der Waals surface area contributed by atoms with E-state index in [1.54, 1.807) is 24.5 Å². The Labute approximate surface area is 213 Å². The topological polar surface area (TPSA) is 77.9 Å². The summed E-state index contributed by atoms with van der Waals surface area (Å²) in [6.07, 6.45) is 4.51. The van der Waals surface area contributed by atoms with Gasteiger partial charge in [0.2, 0.25) is 5.95 Å². The number of anilines is 1. The van der Waals surface area contributed by atoms with Crippen molar-refractivity contribution < 1.29 is 9.13 Å². The van der Waals surface area contributed by atoms with E-state index in [1.807, 2.05) is 19.9 Å². The fourth-order valence-electron chi connectivity index (χ4n) is 3.48. The number of piperazine rings is 1. The van der Waals surface area contributed by atoms with Gasteiger partial charge in [-0.3, -0.25) is 4.90 Å². The summed E-state index contributed by atoms with van der Waals surface area (Å²) >= 11 is 0. The number of rotatable bonds is 10. The number of aromatic nitrogens is 2. The number of hydrogen-bond acceptors (Lipinski definition) is 6. The highest BCUT2D eigenvalue weighted by atomic mass is 127. The number of halogens is 2. The van der Waals surface area contributed by atoms with Crippen LogP contribution < -0.4 is 20.3 Å². The Hall–Kier alpha value is -2.21. The van der Waals surface area contributed by atoms with Crippen molar-refractivity contribution in [2.45, 2.75) is 26.4 Å². The minimum atomic E-state index is -0.270. The Balaban J connectivity index is 0.00000385. The Morgan fingerprint density at radius 1 is 1.12 bits per heavy atom. The standard InChI is InChI=1S/C23H34FN7O.HI/c1-3-25-22(29-18-19(2)32-21-8-6-20(24)7-9-21)26-12-5-13-30-14-16-31(17-15-30)23-27-10-4-11-28-23;/h4,6-11,19H,3,5,12-18H2,1-2H3,(H2,25,26,29);1H. The van der Waals surface area contributed by atoms with Gasteiger partial charge in [-0.2, -0.15) is 0 Å². The second-order valence-electron chi connectivity index (χ2n) is 7.76. The van der Waals surface area contributed by atoms with Gasteiger partial charge in [0.15, 0.2) is 5.96 Å². The van der Waals surface area contributed by atoms with Crippen LogP contribution in [0.25, 0.3) is 0 Å². The maximum Gasteiger partial charge on any atom is 0.225 e. The van der Waals surface area contributed by atoms with Crippen molar-refractivity contribution in [3.05, 3.63) is 48.5 Å². The molecule has 1 aromatic carbocycles. The van der Waals surface area contributed by atoms with Crippen molar-refractivity contribution in [2.75, 3.05) is 57.3 Å². The number of ether oxygens (including phenoxy) is 1. The van der Waals surface area contributed by atoms with E-state index in [9.17, 15) is 4.39 Å². The molecule has 0 saturated carbocycles. The number of nitrogens with zero attached hydrogens (tertiary/aromatic N) is 5. The van der Waals surface area contributed by atoms with Crippen LogP contribution in [0.5, 0.6) is 5.75 Å². The molecule has 0 spiro atoms. The lowest BCUT2D eigenvalue weighted by atomic mass is 10.3. The Morgan fingerprint density at radius 3 is 2.48 bits per heavy atom. The molecule has 1 aliphatic rings. The van der Waals surface area contributed by atoms with Crippen LogP contribution >= 0.6 is 24.0 Å². The number of aliphatic imine (C=N–C) groups is 1. The Kier molecular flexibility index (Phi) is 12.2. The lowest BCUT2D eigenvalue weighted by molar-refractivity contribution is 0.230.